The molecule has 7 nitrogen and oxygen atoms in total. The number of aryl methyl sites for hydroxylation is 2. The lowest BCUT2D eigenvalue weighted by Gasteiger charge is -2.07. The fourth-order valence-corrected chi connectivity index (χ4v) is 1.60. The standard InChI is InChI=1S/C11H12N6OS/c1-6-3-14-8(5-13-6)11(18)16-10-7(9(12)19)4-15-17(10)2/h3-5H,1-2H3,(H2,12,19)(H,16,18). The zero-order valence-corrected chi connectivity index (χ0v) is 11.2. The van der Waals surface area contributed by atoms with Crippen LogP contribution in [0.1, 0.15) is 21.7 Å². The third-order valence-corrected chi connectivity index (χ3v) is 2.67. The molecule has 0 unspecified atom stereocenters. The van der Waals surface area contributed by atoms with Gasteiger partial charge in [0, 0.05) is 13.2 Å². The van der Waals surface area contributed by atoms with Gasteiger partial charge in [0.1, 0.15) is 16.5 Å². The second-order valence-electron chi connectivity index (χ2n) is 3.89. The van der Waals surface area contributed by atoms with Crippen LogP contribution in [0.15, 0.2) is 18.6 Å². The molecule has 0 aliphatic rings. The Labute approximate surface area is 114 Å². The smallest absolute Gasteiger partial charge is 0.277 e. The lowest BCUT2D eigenvalue weighted by molar-refractivity contribution is 0.102. The van der Waals surface area contributed by atoms with Gasteiger partial charge in [0.05, 0.1) is 23.7 Å². The number of carbonyl (C=O) groups is 1. The monoisotopic (exact) mass is 276 g/mol. The van der Waals surface area contributed by atoms with Gasteiger partial charge in [-0.15, -0.1) is 0 Å². The third kappa shape index (κ3) is 2.74. The number of hydrogen-bond acceptors (Lipinski definition) is 5. The maximum Gasteiger partial charge on any atom is 0.277 e. The highest BCUT2D eigenvalue weighted by Gasteiger charge is 2.15. The molecule has 0 bridgehead atoms. The number of anilines is 1. The van der Waals surface area contributed by atoms with Crippen LogP contribution in [-0.4, -0.2) is 30.6 Å². The van der Waals surface area contributed by atoms with Crippen molar-refractivity contribution in [3.63, 3.8) is 0 Å². The van der Waals surface area contributed by atoms with E-state index in [-0.39, 0.29) is 10.7 Å². The van der Waals surface area contributed by atoms with Crippen LogP contribution < -0.4 is 11.1 Å². The van der Waals surface area contributed by atoms with Crippen molar-refractivity contribution in [2.24, 2.45) is 12.8 Å². The summed E-state index contributed by atoms with van der Waals surface area (Å²) in [5, 5.41) is 6.66. The minimum absolute atomic E-state index is 0.165. The van der Waals surface area contributed by atoms with Crippen molar-refractivity contribution in [1.82, 2.24) is 19.7 Å². The Bertz CT molecular complexity index is 633. The average molecular weight is 276 g/mol. The van der Waals surface area contributed by atoms with Crippen molar-refractivity contribution in [2.75, 3.05) is 5.32 Å². The first kappa shape index (κ1) is 13.1. The van der Waals surface area contributed by atoms with Crippen LogP contribution in [0.5, 0.6) is 0 Å². The van der Waals surface area contributed by atoms with E-state index in [4.69, 9.17) is 18.0 Å². The van der Waals surface area contributed by atoms with Crippen molar-refractivity contribution in [2.45, 2.75) is 6.92 Å². The number of nitrogens with zero attached hydrogens (tertiary/aromatic N) is 4. The SMILES string of the molecule is Cc1cnc(C(=O)Nc2c(C(N)=S)cnn2C)cn1. The molecule has 2 aromatic rings. The summed E-state index contributed by atoms with van der Waals surface area (Å²) in [6.07, 6.45) is 4.42. The van der Waals surface area contributed by atoms with Gasteiger partial charge in [0.25, 0.3) is 5.91 Å². The summed E-state index contributed by atoms with van der Waals surface area (Å²) in [4.78, 5) is 20.2. The Morgan fingerprint density at radius 3 is 2.68 bits per heavy atom. The van der Waals surface area contributed by atoms with Crippen LogP contribution in [0.2, 0.25) is 0 Å². The molecule has 1 amide bonds. The Kier molecular flexibility index (Phi) is 3.52. The summed E-state index contributed by atoms with van der Waals surface area (Å²) in [5.74, 6) is 0.0356. The Balaban J connectivity index is 2.26. The van der Waals surface area contributed by atoms with E-state index in [9.17, 15) is 4.79 Å². The molecule has 3 N–H and O–H groups in total. The molecule has 0 saturated heterocycles. The number of amides is 1. The van der Waals surface area contributed by atoms with Crippen LogP contribution >= 0.6 is 12.2 Å². The highest BCUT2D eigenvalue weighted by Crippen LogP contribution is 2.14. The van der Waals surface area contributed by atoms with Gasteiger partial charge in [-0.3, -0.25) is 14.5 Å². The highest BCUT2D eigenvalue weighted by molar-refractivity contribution is 7.80. The number of nitrogens with one attached hydrogen (secondary N) is 1. The molecule has 8 heteroatoms. The van der Waals surface area contributed by atoms with E-state index in [1.807, 2.05) is 0 Å². The maximum atomic E-state index is 12.0. The van der Waals surface area contributed by atoms with Crippen LogP contribution in [0.3, 0.4) is 0 Å². The average Bonchev–Trinajstić information content (AvgIpc) is 2.72. The van der Waals surface area contributed by atoms with Gasteiger partial charge in [0.2, 0.25) is 0 Å². The molecule has 19 heavy (non-hydrogen) atoms. The van der Waals surface area contributed by atoms with Crippen LogP contribution in [0.25, 0.3) is 0 Å². The Morgan fingerprint density at radius 2 is 2.11 bits per heavy atom. The second-order valence-corrected chi connectivity index (χ2v) is 4.33. The van der Waals surface area contributed by atoms with Gasteiger partial charge in [0.15, 0.2) is 0 Å². The first-order valence-electron chi connectivity index (χ1n) is 5.41. The zero-order chi connectivity index (χ0) is 14.0. The summed E-state index contributed by atoms with van der Waals surface area (Å²) in [5.41, 5.74) is 7.01. The Hall–Kier alpha value is -2.35. The summed E-state index contributed by atoms with van der Waals surface area (Å²) < 4.78 is 1.48. The fraction of sp³-hybridized carbons (Fsp3) is 0.182. The van der Waals surface area contributed by atoms with E-state index in [0.29, 0.717) is 11.4 Å². The third-order valence-electron chi connectivity index (χ3n) is 2.45. The number of carbonyl (C=O) groups excluding carboxylic acids is 1. The molecule has 0 atom stereocenters. The van der Waals surface area contributed by atoms with Crippen molar-refractivity contribution in [3.8, 4) is 0 Å². The number of thiocarbonyl (C=S) groups is 1. The first-order chi connectivity index (χ1) is 8.99. The van der Waals surface area contributed by atoms with Gasteiger partial charge < -0.3 is 11.1 Å². The largest absolute Gasteiger partial charge is 0.389 e. The van der Waals surface area contributed by atoms with E-state index in [1.165, 1.54) is 23.3 Å². The molecular formula is C11H12N6OS. The lowest BCUT2D eigenvalue weighted by atomic mass is 10.3. The maximum absolute atomic E-state index is 12.0. The molecule has 0 radical (unpaired) electrons. The van der Waals surface area contributed by atoms with E-state index < -0.39 is 5.91 Å². The van der Waals surface area contributed by atoms with Crippen LogP contribution in [0.4, 0.5) is 5.82 Å². The molecular weight excluding hydrogens is 264 g/mol. The number of hydrogen-bond donors (Lipinski definition) is 2. The summed E-state index contributed by atoms with van der Waals surface area (Å²) >= 11 is 4.89. The summed E-state index contributed by atoms with van der Waals surface area (Å²) in [6.45, 7) is 1.79. The molecule has 0 aromatic carbocycles. The summed E-state index contributed by atoms with van der Waals surface area (Å²) in [7, 11) is 1.68. The van der Waals surface area contributed by atoms with Crippen molar-refractivity contribution < 1.29 is 4.79 Å². The molecule has 2 rings (SSSR count). The van der Waals surface area contributed by atoms with Gasteiger partial charge in [-0.1, -0.05) is 12.2 Å². The van der Waals surface area contributed by atoms with Crippen LogP contribution in [-0.2, 0) is 7.05 Å². The lowest BCUT2D eigenvalue weighted by Crippen LogP contribution is -2.19. The molecule has 0 fully saturated rings. The molecule has 2 heterocycles. The molecule has 98 valence electrons. The predicted octanol–water partition coefficient (Wildman–Crippen LogP) is 0.405. The van der Waals surface area contributed by atoms with Crippen molar-refractivity contribution >= 4 is 28.9 Å². The number of nitrogens with two attached hydrogens (primary N) is 1. The first-order valence-corrected chi connectivity index (χ1v) is 5.81. The van der Waals surface area contributed by atoms with E-state index in [1.54, 1.807) is 14.0 Å². The minimum Gasteiger partial charge on any atom is -0.389 e. The van der Waals surface area contributed by atoms with E-state index in [0.717, 1.165) is 5.69 Å². The predicted molar refractivity (Wildman–Crippen MR) is 73.8 cm³/mol. The normalized spacial score (nSPS) is 10.2. The van der Waals surface area contributed by atoms with Gasteiger partial charge in [-0.05, 0) is 6.92 Å². The second kappa shape index (κ2) is 5.11. The fourth-order valence-electron chi connectivity index (χ4n) is 1.45. The molecule has 0 saturated carbocycles. The van der Waals surface area contributed by atoms with E-state index in [2.05, 4.69) is 20.4 Å². The van der Waals surface area contributed by atoms with Gasteiger partial charge in [-0.2, -0.15) is 5.10 Å². The molecule has 0 aliphatic carbocycles. The summed E-state index contributed by atoms with van der Waals surface area (Å²) in [6, 6.07) is 0. The molecule has 2 aromatic heterocycles. The number of rotatable bonds is 3. The quantitative estimate of drug-likeness (QED) is 0.788. The zero-order valence-electron chi connectivity index (χ0n) is 10.4. The Morgan fingerprint density at radius 1 is 1.37 bits per heavy atom. The molecule has 0 aliphatic heterocycles. The van der Waals surface area contributed by atoms with E-state index >= 15 is 0 Å². The topological polar surface area (TPSA) is 98.7 Å². The van der Waals surface area contributed by atoms with Crippen molar-refractivity contribution in [3.05, 3.63) is 35.5 Å². The molecule has 0 spiro atoms. The van der Waals surface area contributed by atoms with Gasteiger partial charge >= 0.3 is 0 Å². The minimum atomic E-state index is -0.395. The van der Waals surface area contributed by atoms with Gasteiger partial charge in [-0.25, -0.2) is 4.98 Å². The van der Waals surface area contributed by atoms with Crippen molar-refractivity contribution in [1.29, 1.82) is 0 Å². The highest BCUT2D eigenvalue weighted by atomic mass is 32.1. The van der Waals surface area contributed by atoms with Crippen LogP contribution in [0, 0.1) is 6.92 Å². The number of aromatic nitrogens is 4.